The summed E-state index contributed by atoms with van der Waals surface area (Å²) in [7, 11) is 0. The second kappa shape index (κ2) is 11.3. The molecule has 0 atom stereocenters. The molecule has 0 saturated heterocycles. The summed E-state index contributed by atoms with van der Waals surface area (Å²) in [4.78, 5) is 20.0. The van der Waals surface area contributed by atoms with Crippen LogP contribution in [0.15, 0.2) is 160 Å². The maximum Gasteiger partial charge on any atom is 0.160 e. The molecule has 236 valence electrons. The van der Waals surface area contributed by atoms with Gasteiger partial charge < -0.3 is 4.42 Å². The molecule has 0 saturated carbocycles. The number of amidine groups is 1. The molecular weight excluding hydrogens is 613 g/mol. The number of aliphatic imine (C=N–C) groups is 2. The van der Waals surface area contributed by atoms with Gasteiger partial charge in [-0.1, -0.05) is 84.9 Å². The molecule has 0 fully saturated rings. The van der Waals surface area contributed by atoms with Crippen LogP contribution in [0.3, 0.4) is 0 Å². The van der Waals surface area contributed by atoms with Crippen molar-refractivity contribution in [3.63, 3.8) is 0 Å². The summed E-state index contributed by atoms with van der Waals surface area (Å²) >= 11 is 0. The summed E-state index contributed by atoms with van der Waals surface area (Å²) < 4.78 is 6.27. The number of benzene rings is 6. The lowest BCUT2D eigenvalue weighted by Gasteiger charge is -2.19. The first-order valence-corrected chi connectivity index (χ1v) is 17.0. The molecule has 1 aliphatic rings. The molecular formula is C45H30N4O. The van der Waals surface area contributed by atoms with Crippen molar-refractivity contribution in [2.75, 3.05) is 0 Å². The summed E-state index contributed by atoms with van der Waals surface area (Å²) in [6.45, 7) is 2.22. The second-order valence-corrected chi connectivity index (χ2v) is 13.1. The van der Waals surface area contributed by atoms with Crippen LogP contribution >= 0.6 is 0 Å². The van der Waals surface area contributed by atoms with E-state index in [1.807, 2.05) is 30.7 Å². The molecule has 5 nitrogen and oxygen atoms in total. The van der Waals surface area contributed by atoms with E-state index in [2.05, 4.69) is 120 Å². The molecule has 5 heteroatoms. The first kappa shape index (κ1) is 28.5. The Hall–Kier alpha value is -6.46. The Morgan fingerprint density at radius 3 is 2.28 bits per heavy atom. The van der Waals surface area contributed by atoms with E-state index < -0.39 is 0 Å². The third kappa shape index (κ3) is 4.55. The zero-order valence-electron chi connectivity index (χ0n) is 27.4. The monoisotopic (exact) mass is 642 g/mol. The topological polar surface area (TPSA) is 63.6 Å². The molecule has 50 heavy (non-hydrogen) atoms. The summed E-state index contributed by atoms with van der Waals surface area (Å²) in [5.41, 5.74) is 7.90. The Bertz CT molecular complexity index is 2950. The van der Waals surface area contributed by atoms with E-state index in [1.54, 1.807) is 6.20 Å². The Morgan fingerprint density at radius 2 is 1.34 bits per heavy atom. The maximum atomic E-state index is 6.27. The van der Waals surface area contributed by atoms with Gasteiger partial charge in [-0.15, -0.1) is 0 Å². The quantitative estimate of drug-likeness (QED) is 0.180. The first-order chi connectivity index (χ1) is 24.7. The lowest BCUT2D eigenvalue weighted by atomic mass is 9.92. The molecule has 1 aliphatic heterocycles. The highest BCUT2D eigenvalue weighted by molar-refractivity contribution is 6.29. The Labute approximate surface area is 288 Å². The third-order valence-corrected chi connectivity index (χ3v) is 10.1. The van der Waals surface area contributed by atoms with Gasteiger partial charge in [-0.25, -0.2) is 9.98 Å². The number of furan rings is 1. The van der Waals surface area contributed by atoms with Gasteiger partial charge in [0, 0.05) is 56.8 Å². The average Bonchev–Trinajstić information content (AvgIpc) is 3.55. The largest absolute Gasteiger partial charge is 0.454 e. The van der Waals surface area contributed by atoms with E-state index in [-0.39, 0.29) is 0 Å². The fourth-order valence-corrected chi connectivity index (χ4v) is 7.66. The average molecular weight is 643 g/mol. The van der Waals surface area contributed by atoms with Gasteiger partial charge in [-0.2, -0.15) is 0 Å². The fourth-order valence-electron chi connectivity index (χ4n) is 7.66. The predicted octanol–water partition coefficient (Wildman–Crippen LogP) is 11.4. The summed E-state index contributed by atoms with van der Waals surface area (Å²) in [6.07, 6.45) is 9.00. The van der Waals surface area contributed by atoms with Crippen LogP contribution in [0.1, 0.15) is 36.5 Å². The normalized spacial score (nSPS) is 17.6. The van der Waals surface area contributed by atoms with Crippen LogP contribution in [0.4, 0.5) is 0 Å². The van der Waals surface area contributed by atoms with Crippen molar-refractivity contribution in [2.45, 2.75) is 19.8 Å². The van der Waals surface area contributed by atoms with Gasteiger partial charge in [-0.05, 0) is 88.0 Å². The van der Waals surface area contributed by atoms with Gasteiger partial charge in [0.05, 0.1) is 17.6 Å². The molecule has 0 aliphatic carbocycles. The highest BCUT2D eigenvalue weighted by Crippen LogP contribution is 2.38. The van der Waals surface area contributed by atoms with Gasteiger partial charge >= 0.3 is 0 Å². The third-order valence-electron chi connectivity index (χ3n) is 10.1. The smallest absolute Gasteiger partial charge is 0.160 e. The fraction of sp³-hybridized carbons (Fsp3) is 0.0667. The summed E-state index contributed by atoms with van der Waals surface area (Å²) in [5.74, 6) is 0.689. The number of nitrogens with zero attached hydrogens (tertiary/aromatic N) is 4. The van der Waals surface area contributed by atoms with E-state index in [4.69, 9.17) is 14.4 Å². The summed E-state index contributed by atoms with van der Waals surface area (Å²) in [5, 5.41) is 11.3. The minimum absolute atomic E-state index is 0.689. The molecule has 0 N–H and O–H groups in total. The van der Waals surface area contributed by atoms with E-state index in [9.17, 15) is 0 Å². The Kier molecular flexibility index (Phi) is 6.46. The molecule has 0 amide bonds. The van der Waals surface area contributed by atoms with Crippen LogP contribution in [0, 0.1) is 0 Å². The number of fused-ring (bicyclic) bond motifs is 9. The highest BCUT2D eigenvalue weighted by Gasteiger charge is 2.22. The van der Waals surface area contributed by atoms with Gasteiger partial charge in [-0.3, -0.25) is 9.97 Å². The van der Waals surface area contributed by atoms with Crippen LogP contribution in [0.25, 0.3) is 70.7 Å². The highest BCUT2D eigenvalue weighted by atomic mass is 16.3. The lowest BCUT2D eigenvalue weighted by Crippen LogP contribution is -2.11. The van der Waals surface area contributed by atoms with E-state index in [0.29, 0.717) is 5.84 Å². The zero-order valence-corrected chi connectivity index (χ0v) is 27.4. The number of allylic oxidation sites excluding steroid dienone is 1. The van der Waals surface area contributed by atoms with Crippen LogP contribution < -0.4 is 0 Å². The zero-order chi connectivity index (χ0) is 33.2. The molecule has 0 bridgehead atoms. The van der Waals surface area contributed by atoms with Crippen molar-refractivity contribution < 1.29 is 4.42 Å². The lowest BCUT2D eigenvalue weighted by molar-refractivity contribution is 0.667. The molecule has 9 aromatic rings. The predicted molar refractivity (Wildman–Crippen MR) is 207 cm³/mol. The molecule has 0 unspecified atom stereocenters. The summed E-state index contributed by atoms with van der Waals surface area (Å²) in [6, 6.07) is 40.7. The first-order valence-electron chi connectivity index (χ1n) is 17.0. The molecule has 0 spiro atoms. The van der Waals surface area contributed by atoms with Gasteiger partial charge in [0.1, 0.15) is 5.58 Å². The Balaban J connectivity index is 1.31. The van der Waals surface area contributed by atoms with Gasteiger partial charge in [0.25, 0.3) is 0 Å². The molecule has 4 heterocycles. The molecule has 10 rings (SSSR count). The van der Waals surface area contributed by atoms with Crippen molar-refractivity contribution in [3.8, 4) is 0 Å². The van der Waals surface area contributed by atoms with Crippen molar-refractivity contribution in [1.82, 2.24) is 9.97 Å². The van der Waals surface area contributed by atoms with Crippen LogP contribution in [0.5, 0.6) is 0 Å². The van der Waals surface area contributed by atoms with Crippen LogP contribution in [0.2, 0.25) is 0 Å². The van der Waals surface area contributed by atoms with Gasteiger partial charge in [0.15, 0.2) is 11.4 Å². The minimum Gasteiger partial charge on any atom is -0.454 e. The molecule has 6 aromatic carbocycles. The minimum atomic E-state index is 0.689. The molecule has 3 aromatic heterocycles. The van der Waals surface area contributed by atoms with Crippen LogP contribution in [-0.4, -0.2) is 21.5 Å². The number of hydrogen-bond donors (Lipinski definition) is 0. The van der Waals surface area contributed by atoms with E-state index in [1.165, 1.54) is 21.7 Å². The maximum absolute atomic E-state index is 6.27. The Morgan fingerprint density at radius 1 is 0.520 bits per heavy atom. The standard InChI is InChI=1S/C45H30N4O/c1-27-13-18-39(35-11-6-12-40-43(35)36-20-22-47-26-41(36)50-40)48-45(49-44(27)32-15-14-28-7-2-3-9-30(28)23-32)37-24-31-19-21-46-25-38(31)34-17-16-29-8-4-5-10-33(29)42(34)37/h2-12,14-17,19-26H,13,18H2,1H3/b44-27+,48-39+,49-45-. The SMILES string of the molecule is C\C1=C(c2ccc3ccccc3c2)/N=C(c2cc3ccncc3c3ccc4ccccc4c23)\N=C(\c2cccc3oc4cnccc4c23)CC1. The number of pyridine rings is 2. The number of aromatic nitrogens is 2. The van der Waals surface area contributed by atoms with Crippen molar-refractivity contribution in [1.29, 1.82) is 0 Å². The number of rotatable bonds is 3. The van der Waals surface area contributed by atoms with Gasteiger partial charge in [0.2, 0.25) is 0 Å². The van der Waals surface area contributed by atoms with Crippen LogP contribution in [-0.2, 0) is 0 Å². The number of hydrogen-bond acceptors (Lipinski definition) is 5. The van der Waals surface area contributed by atoms with Crippen molar-refractivity contribution >= 4 is 82.3 Å². The molecule has 0 radical (unpaired) electrons. The van der Waals surface area contributed by atoms with E-state index in [0.717, 1.165) is 89.8 Å². The van der Waals surface area contributed by atoms with Crippen molar-refractivity contribution in [3.05, 3.63) is 162 Å². The van der Waals surface area contributed by atoms with E-state index >= 15 is 0 Å². The van der Waals surface area contributed by atoms with Crippen molar-refractivity contribution in [2.24, 2.45) is 9.98 Å². The second-order valence-electron chi connectivity index (χ2n) is 13.1.